The van der Waals surface area contributed by atoms with Crippen molar-refractivity contribution in [3.8, 4) is 0 Å². The van der Waals surface area contributed by atoms with Crippen LogP contribution in [0.25, 0.3) is 6.08 Å². The van der Waals surface area contributed by atoms with Crippen LogP contribution in [0.5, 0.6) is 0 Å². The first-order chi connectivity index (χ1) is 13.4. The molecular weight excluding hydrogens is 362 g/mol. The van der Waals surface area contributed by atoms with E-state index in [1.807, 2.05) is 13.8 Å². The molecule has 3 atom stereocenters. The molecule has 1 aromatic carbocycles. The van der Waals surface area contributed by atoms with E-state index in [-0.39, 0.29) is 23.6 Å². The van der Waals surface area contributed by atoms with Crippen LogP contribution >= 0.6 is 0 Å². The lowest BCUT2D eigenvalue weighted by Crippen LogP contribution is -2.51. The van der Waals surface area contributed by atoms with Crippen molar-refractivity contribution in [1.82, 2.24) is 10.6 Å². The van der Waals surface area contributed by atoms with Crippen molar-refractivity contribution in [1.29, 1.82) is 0 Å². The summed E-state index contributed by atoms with van der Waals surface area (Å²) in [6, 6.07) is 5.32. The molecule has 1 aliphatic heterocycles. The van der Waals surface area contributed by atoms with Gasteiger partial charge in [0.25, 0.3) is 5.69 Å². The van der Waals surface area contributed by atoms with Gasteiger partial charge in [-0.1, -0.05) is 32.4 Å². The number of hydrogen-bond acceptors (Lipinski definition) is 5. The number of carbonyl (C=O) groups is 2. The summed E-state index contributed by atoms with van der Waals surface area (Å²) in [6.45, 7) is 5.01. The predicted molar refractivity (Wildman–Crippen MR) is 105 cm³/mol. The standard InChI is InChI=1S/C20H27N3O5/c1-3-14(2)19(20(25)21-13-17-8-5-11-28-17)22-18(24)10-9-15-6-4-7-16(12-15)23(26)27/h4,6-7,9-10,12,14,17,19H,3,5,8,11,13H2,1-2H3,(H,21,25)(H,22,24)/b10-9+/t14-,17?,19-/m0/s1. The van der Waals surface area contributed by atoms with Crippen molar-refractivity contribution in [3.05, 3.63) is 46.0 Å². The second kappa shape index (κ2) is 10.6. The fourth-order valence-electron chi connectivity index (χ4n) is 2.95. The summed E-state index contributed by atoms with van der Waals surface area (Å²) >= 11 is 0. The van der Waals surface area contributed by atoms with E-state index in [0.29, 0.717) is 18.7 Å². The van der Waals surface area contributed by atoms with Gasteiger partial charge in [-0.2, -0.15) is 0 Å². The first-order valence-corrected chi connectivity index (χ1v) is 9.53. The van der Waals surface area contributed by atoms with Crippen LogP contribution in [-0.2, 0) is 14.3 Å². The molecule has 0 aliphatic carbocycles. The van der Waals surface area contributed by atoms with E-state index in [0.717, 1.165) is 19.3 Å². The molecule has 1 unspecified atom stereocenters. The third kappa shape index (κ3) is 6.45. The Morgan fingerprint density at radius 3 is 2.86 bits per heavy atom. The average Bonchev–Trinajstić information content (AvgIpc) is 3.22. The number of nitro groups is 1. The molecule has 152 valence electrons. The molecule has 1 saturated heterocycles. The predicted octanol–water partition coefficient (Wildman–Crippen LogP) is 2.43. The fourth-order valence-corrected chi connectivity index (χ4v) is 2.95. The van der Waals surface area contributed by atoms with E-state index >= 15 is 0 Å². The molecule has 2 N–H and O–H groups in total. The van der Waals surface area contributed by atoms with E-state index < -0.39 is 16.9 Å². The Morgan fingerprint density at radius 2 is 2.21 bits per heavy atom. The number of carbonyl (C=O) groups excluding carboxylic acids is 2. The second-order valence-corrected chi connectivity index (χ2v) is 6.94. The Labute approximate surface area is 164 Å². The maximum atomic E-state index is 12.5. The second-order valence-electron chi connectivity index (χ2n) is 6.94. The number of hydrogen-bond donors (Lipinski definition) is 2. The van der Waals surface area contributed by atoms with Crippen LogP contribution in [0.1, 0.15) is 38.7 Å². The smallest absolute Gasteiger partial charge is 0.270 e. The molecule has 2 amide bonds. The summed E-state index contributed by atoms with van der Waals surface area (Å²) in [5, 5.41) is 16.4. The van der Waals surface area contributed by atoms with Gasteiger partial charge in [-0.3, -0.25) is 19.7 Å². The number of rotatable bonds is 9. The lowest BCUT2D eigenvalue weighted by Gasteiger charge is -2.23. The number of non-ortho nitro benzene ring substituents is 1. The summed E-state index contributed by atoms with van der Waals surface area (Å²) < 4.78 is 5.50. The monoisotopic (exact) mass is 389 g/mol. The highest BCUT2D eigenvalue weighted by Crippen LogP contribution is 2.15. The maximum Gasteiger partial charge on any atom is 0.270 e. The Kier molecular flexibility index (Phi) is 8.13. The normalized spacial score (nSPS) is 18.6. The molecule has 2 rings (SSSR count). The highest BCUT2D eigenvalue weighted by molar-refractivity contribution is 5.95. The summed E-state index contributed by atoms with van der Waals surface area (Å²) in [6.07, 6.45) is 5.45. The molecule has 8 nitrogen and oxygen atoms in total. The van der Waals surface area contributed by atoms with Crippen LogP contribution in [-0.4, -0.2) is 42.0 Å². The van der Waals surface area contributed by atoms with Gasteiger partial charge in [0.15, 0.2) is 0 Å². The van der Waals surface area contributed by atoms with Gasteiger partial charge in [0.1, 0.15) is 6.04 Å². The molecule has 0 saturated carbocycles. The largest absolute Gasteiger partial charge is 0.376 e. The minimum absolute atomic E-state index is 0.0333. The molecule has 0 radical (unpaired) electrons. The van der Waals surface area contributed by atoms with Gasteiger partial charge >= 0.3 is 0 Å². The number of ether oxygens (including phenoxy) is 1. The molecular formula is C20H27N3O5. The highest BCUT2D eigenvalue weighted by atomic mass is 16.6. The first-order valence-electron chi connectivity index (χ1n) is 9.53. The van der Waals surface area contributed by atoms with Crippen molar-refractivity contribution in [2.75, 3.05) is 13.2 Å². The Hall–Kier alpha value is -2.74. The Morgan fingerprint density at radius 1 is 1.43 bits per heavy atom. The minimum atomic E-state index is -0.659. The number of benzene rings is 1. The third-order valence-electron chi connectivity index (χ3n) is 4.83. The Bertz CT molecular complexity index is 728. The lowest BCUT2D eigenvalue weighted by atomic mass is 9.98. The van der Waals surface area contributed by atoms with E-state index in [2.05, 4.69) is 10.6 Å². The zero-order valence-corrected chi connectivity index (χ0v) is 16.2. The third-order valence-corrected chi connectivity index (χ3v) is 4.83. The van der Waals surface area contributed by atoms with Gasteiger partial charge in [-0.05, 0) is 30.4 Å². The van der Waals surface area contributed by atoms with Gasteiger partial charge < -0.3 is 15.4 Å². The van der Waals surface area contributed by atoms with Crippen LogP contribution < -0.4 is 10.6 Å². The van der Waals surface area contributed by atoms with E-state index in [1.165, 1.54) is 24.3 Å². The molecule has 1 fully saturated rings. The molecule has 0 aromatic heterocycles. The lowest BCUT2D eigenvalue weighted by molar-refractivity contribution is -0.384. The SMILES string of the molecule is CC[C@H](C)[C@H](NC(=O)/C=C/c1cccc([N+](=O)[O-])c1)C(=O)NCC1CCCO1. The minimum Gasteiger partial charge on any atom is -0.376 e. The number of amides is 2. The van der Waals surface area contributed by atoms with Gasteiger partial charge in [0.2, 0.25) is 11.8 Å². The van der Waals surface area contributed by atoms with Crippen LogP contribution in [0.4, 0.5) is 5.69 Å². The van der Waals surface area contributed by atoms with Crippen molar-refractivity contribution >= 4 is 23.6 Å². The molecule has 0 spiro atoms. The molecule has 28 heavy (non-hydrogen) atoms. The van der Waals surface area contributed by atoms with Crippen molar-refractivity contribution in [2.45, 2.75) is 45.3 Å². The molecule has 1 heterocycles. The number of nitro benzene ring substituents is 1. The summed E-state index contributed by atoms with van der Waals surface area (Å²) in [7, 11) is 0. The first kappa shape index (κ1) is 21.6. The zero-order valence-electron chi connectivity index (χ0n) is 16.2. The summed E-state index contributed by atoms with van der Waals surface area (Å²) in [5.41, 5.74) is 0.487. The molecule has 8 heteroatoms. The van der Waals surface area contributed by atoms with Gasteiger partial charge in [0.05, 0.1) is 11.0 Å². The maximum absolute atomic E-state index is 12.5. The topological polar surface area (TPSA) is 111 Å². The Balaban J connectivity index is 1.96. The molecule has 1 aliphatic rings. The number of nitrogens with one attached hydrogen (secondary N) is 2. The van der Waals surface area contributed by atoms with Crippen molar-refractivity contribution in [2.24, 2.45) is 5.92 Å². The summed E-state index contributed by atoms with van der Waals surface area (Å²) in [5.74, 6) is -0.703. The molecule has 0 bridgehead atoms. The van der Waals surface area contributed by atoms with Gasteiger partial charge in [-0.15, -0.1) is 0 Å². The van der Waals surface area contributed by atoms with Crippen LogP contribution in [0, 0.1) is 16.0 Å². The molecule has 1 aromatic rings. The number of nitrogens with zero attached hydrogens (tertiary/aromatic N) is 1. The average molecular weight is 389 g/mol. The fraction of sp³-hybridized carbons (Fsp3) is 0.500. The van der Waals surface area contributed by atoms with Crippen LogP contribution in [0.3, 0.4) is 0 Å². The highest BCUT2D eigenvalue weighted by Gasteiger charge is 2.26. The van der Waals surface area contributed by atoms with E-state index in [4.69, 9.17) is 4.74 Å². The van der Waals surface area contributed by atoms with Crippen LogP contribution in [0.2, 0.25) is 0 Å². The van der Waals surface area contributed by atoms with Crippen molar-refractivity contribution in [3.63, 3.8) is 0 Å². The summed E-state index contributed by atoms with van der Waals surface area (Å²) in [4.78, 5) is 35.2. The van der Waals surface area contributed by atoms with Gasteiger partial charge in [-0.25, -0.2) is 0 Å². The van der Waals surface area contributed by atoms with Crippen LogP contribution in [0.15, 0.2) is 30.3 Å². The van der Waals surface area contributed by atoms with E-state index in [9.17, 15) is 19.7 Å². The zero-order chi connectivity index (χ0) is 20.5. The quantitative estimate of drug-likeness (QED) is 0.383. The van der Waals surface area contributed by atoms with Gasteiger partial charge in [0, 0.05) is 31.4 Å². The van der Waals surface area contributed by atoms with Crippen molar-refractivity contribution < 1.29 is 19.2 Å². The van der Waals surface area contributed by atoms with E-state index in [1.54, 1.807) is 12.1 Å².